The highest BCUT2D eigenvalue weighted by atomic mass is 79.9. The van der Waals surface area contributed by atoms with Crippen molar-refractivity contribution < 1.29 is 4.74 Å². The zero-order valence-electron chi connectivity index (χ0n) is 12.8. The second kappa shape index (κ2) is 12.3. The summed E-state index contributed by atoms with van der Waals surface area (Å²) in [6, 6.07) is 10.0. The second-order valence-corrected chi connectivity index (χ2v) is 6.48. The summed E-state index contributed by atoms with van der Waals surface area (Å²) in [4.78, 5) is 0. The maximum absolute atomic E-state index is 5.80. The van der Waals surface area contributed by atoms with Crippen molar-refractivity contribution in [2.75, 3.05) is 0 Å². The van der Waals surface area contributed by atoms with Crippen LogP contribution in [-0.2, 0) is 0 Å². The van der Waals surface area contributed by atoms with E-state index in [0.29, 0.717) is 0 Å². The van der Waals surface area contributed by atoms with E-state index in [-0.39, 0.29) is 5.01 Å². The third-order valence-corrected chi connectivity index (χ3v) is 4.19. The number of para-hydroxylation sites is 1. The van der Waals surface area contributed by atoms with Crippen molar-refractivity contribution in [1.29, 1.82) is 0 Å². The van der Waals surface area contributed by atoms with Gasteiger partial charge in [-0.15, -0.1) is 0 Å². The number of hydrogen-bond acceptors (Lipinski definition) is 1. The van der Waals surface area contributed by atoms with Crippen molar-refractivity contribution in [3.8, 4) is 5.75 Å². The Balaban J connectivity index is 1.91. The van der Waals surface area contributed by atoms with Crippen LogP contribution in [0, 0.1) is 0 Å². The van der Waals surface area contributed by atoms with Crippen LogP contribution in [-0.4, -0.2) is 5.01 Å². The monoisotopic (exact) mass is 340 g/mol. The Morgan fingerprint density at radius 2 is 1.40 bits per heavy atom. The van der Waals surface area contributed by atoms with Crippen molar-refractivity contribution in [1.82, 2.24) is 0 Å². The molecule has 0 heterocycles. The van der Waals surface area contributed by atoms with Crippen molar-refractivity contribution in [3.05, 3.63) is 30.3 Å². The number of benzene rings is 1. The lowest BCUT2D eigenvalue weighted by Gasteiger charge is -2.12. The van der Waals surface area contributed by atoms with Crippen LogP contribution in [0.3, 0.4) is 0 Å². The molecule has 1 nitrogen and oxygen atoms in total. The van der Waals surface area contributed by atoms with Crippen LogP contribution >= 0.6 is 15.9 Å². The van der Waals surface area contributed by atoms with Gasteiger partial charge in [-0.1, -0.05) is 76.5 Å². The third kappa shape index (κ3) is 9.41. The first kappa shape index (κ1) is 17.6. The molecule has 0 amide bonds. The number of unbranched alkanes of at least 4 members (excludes halogenated alkanes) is 8. The predicted octanol–water partition coefficient (Wildman–Crippen LogP) is 6.71. The molecular weight excluding hydrogens is 312 g/mol. The summed E-state index contributed by atoms with van der Waals surface area (Å²) in [6.45, 7) is 2.27. The average Bonchev–Trinajstić information content (AvgIpc) is 2.46. The smallest absolute Gasteiger partial charge is 0.153 e. The minimum absolute atomic E-state index is 0.148. The topological polar surface area (TPSA) is 9.23 Å². The summed E-state index contributed by atoms with van der Waals surface area (Å²) in [5.41, 5.74) is 0. The van der Waals surface area contributed by atoms with Crippen LogP contribution in [0.4, 0.5) is 0 Å². The fourth-order valence-electron chi connectivity index (χ4n) is 2.32. The van der Waals surface area contributed by atoms with Gasteiger partial charge in [0.05, 0.1) is 0 Å². The van der Waals surface area contributed by atoms with E-state index in [0.717, 1.165) is 12.2 Å². The van der Waals surface area contributed by atoms with Crippen LogP contribution in [0.5, 0.6) is 5.75 Å². The normalized spacial score (nSPS) is 12.3. The lowest BCUT2D eigenvalue weighted by atomic mass is 10.1. The molecule has 20 heavy (non-hydrogen) atoms. The molecule has 1 rings (SSSR count). The van der Waals surface area contributed by atoms with Gasteiger partial charge < -0.3 is 4.74 Å². The van der Waals surface area contributed by atoms with Crippen molar-refractivity contribution >= 4 is 15.9 Å². The SMILES string of the molecule is CCCCCCCCCCCC(Br)Oc1ccccc1. The Morgan fingerprint density at radius 1 is 0.850 bits per heavy atom. The minimum Gasteiger partial charge on any atom is -0.479 e. The molecule has 2 heteroatoms. The molecule has 0 spiro atoms. The summed E-state index contributed by atoms with van der Waals surface area (Å²) in [5, 5.41) is 0.148. The van der Waals surface area contributed by atoms with Gasteiger partial charge in [-0.2, -0.15) is 0 Å². The highest BCUT2D eigenvalue weighted by molar-refractivity contribution is 9.09. The van der Waals surface area contributed by atoms with Gasteiger partial charge in [-0.05, 0) is 40.9 Å². The summed E-state index contributed by atoms with van der Waals surface area (Å²) >= 11 is 3.60. The summed E-state index contributed by atoms with van der Waals surface area (Å²) < 4.78 is 5.80. The van der Waals surface area contributed by atoms with E-state index in [4.69, 9.17) is 4.74 Å². The van der Waals surface area contributed by atoms with Crippen molar-refractivity contribution in [3.63, 3.8) is 0 Å². The number of halogens is 1. The molecule has 0 bridgehead atoms. The van der Waals surface area contributed by atoms with Crippen LogP contribution < -0.4 is 4.74 Å². The maximum Gasteiger partial charge on any atom is 0.153 e. The van der Waals surface area contributed by atoms with Gasteiger partial charge in [-0.25, -0.2) is 0 Å². The molecule has 1 aromatic rings. The molecule has 0 aromatic heterocycles. The second-order valence-electron chi connectivity index (χ2n) is 5.46. The molecule has 1 aromatic carbocycles. The molecule has 0 aliphatic rings. The van der Waals surface area contributed by atoms with Crippen molar-refractivity contribution in [2.45, 2.75) is 76.1 Å². The molecule has 0 aliphatic carbocycles. The Labute approximate surface area is 133 Å². The van der Waals surface area contributed by atoms with Gasteiger partial charge in [0.2, 0.25) is 0 Å². The van der Waals surface area contributed by atoms with E-state index in [2.05, 4.69) is 22.9 Å². The zero-order chi connectivity index (χ0) is 14.5. The minimum atomic E-state index is 0.148. The molecule has 0 fully saturated rings. The lowest BCUT2D eigenvalue weighted by molar-refractivity contribution is 0.277. The third-order valence-electron chi connectivity index (χ3n) is 3.54. The zero-order valence-corrected chi connectivity index (χ0v) is 14.4. The van der Waals surface area contributed by atoms with Crippen LogP contribution in [0.15, 0.2) is 30.3 Å². The molecule has 0 N–H and O–H groups in total. The van der Waals surface area contributed by atoms with Gasteiger partial charge in [0.25, 0.3) is 0 Å². The van der Waals surface area contributed by atoms with E-state index in [1.807, 2.05) is 30.3 Å². The Hall–Kier alpha value is -0.500. The number of rotatable bonds is 12. The van der Waals surface area contributed by atoms with Crippen LogP contribution in [0.2, 0.25) is 0 Å². The summed E-state index contributed by atoms with van der Waals surface area (Å²) in [7, 11) is 0. The first-order valence-corrected chi connectivity index (χ1v) is 9.10. The molecule has 114 valence electrons. The highest BCUT2D eigenvalue weighted by Gasteiger charge is 2.04. The van der Waals surface area contributed by atoms with E-state index in [1.165, 1.54) is 57.8 Å². The highest BCUT2D eigenvalue weighted by Crippen LogP contribution is 2.19. The fraction of sp³-hybridized carbons (Fsp3) is 0.667. The van der Waals surface area contributed by atoms with Gasteiger partial charge in [0.15, 0.2) is 5.01 Å². The average molecular weight is 341 g/mol. The van der Waals surface area contributed by atoms with Crippen molar-refractivity contribution in [2.24, 2.45) is 0 Å². The number of ether oxygens (including phenoxy) is 1. The lowest BCUT2D eigenvalue weighted by Crippen LogP contribution is -2.07. The predicted molar refractivity (Wildman–Crippen MR) is 91.6 cm³/mol. The first-order chi connectivity index (χ1) is 9.83. The molecule has 0 radical (unpaired) electrons. The molecule has 0 saturated heterocycles. The largest absolute Gasteiger partial charge is 0.479 e. The molecule has 0 aliphatic heterocycles. The van der Waals surface area contributed by atoms with E-state index < -0.39 is 0 Å². The van der Waals surface area contributed by atoms with Gasteiger partial charge >= 0.3 is 0 Å². The van der Waals surface area contributed by atoms with Gasteiger partial charge in [-0.3, -0.25) is 0 Å². The molecular formula is C18H29BrO. The Morgan fingerprint density at radius 3 is 2.00 bits per heavy atom. The summed E-state index contributed by atoms with van der Waals surface area (Å²) in [5.74, 6) is 0.949. The maximum atomic E-state index is 5.80. The van der Waals surface area contributed by atoms with E-state index >= 15 is 0 Å². The quantitative estimate of drug-likeness (QED) is 0.303. The molecule has 1 unspecified atom stereocenters. The standard InChI is InChI=1S/C18H29BrO/c1-2-3-4-5-6-7-8-9-13-16-18(19)20-17-14-11-10-12-15-17/h10-12,14-15,18H,2-9,13,16H2,1H3. The molecule has 0 saturated carbocycles. The van der Waals surface area contributed by atoms with Gasteiger partial charge in [0.1, 0.15) is 5.75 Å². The van der Waals surface area contributed by atoms with Crippen LogP contribution in [0.25, 0.3) is 0 Å². The number of alkyl halides is 1. The fourth-order valence-corrected chi connectivity index (χ4v) is 2.86. The summed E-state index contributed by atoms with van der Waals surface area (Å²) in [6.07, 6.45) is 13.4. The Bertz CT molecular complexity index is 312. The molecule has 1 atom stereocenters. The van der Waals surface area contributed by atoms with E-state index in [1.54, 1.807) is 0 Å². The first-order valence-electron chi connectivity index (χ1n) is 8.18. The van der Waals surface area contributed by atoms with Gasteiger partial charge in [0, 0.05) is 0 Å². The number of hydrogen-bond donors (Lipinski definition) is 0. The van der Waals surface area contributed by atoms with Crippen LogP contribution in [0.1, 0.15) is 71.1 Å². The van der Waals surface area contributed by atoms with E-state index in [9.17, 15) is 0 Å². The Kier molecular flexibility index (Phi) is 10.8.